The molecule has 0 aromatic heterocycles. The van der Waals surface area contributed by atoms with Gasteiger partial charge in [-0.15, -0.1) is 0 Å². The summed E-state index contributed by atoms with van der Waals surface area (Å²) in [6.07, 6.45) is 1.10. The van der Waals surface area contributed by atoms with E-state index in [-0.39, 0.29) is 11.7 Å². The second-order valence-electron chi connectivity index (χ2n) is 3.35. The highest BCUT2D eigenvalue weighted by Crippen LogP contribution is 2.12. The largest absolute Gasteiger partial charge is 0.369 e. The molecule has 72 valence electrons. The van der Waals surface area contributed by atoms with E-state index in [1.807, 2.05) is 0 Å². The number of nitrogens with two attached hydrogens (primary N) is 1. The smallest absolute Gasteiger partial charge is 0.221 e. The molecule has 0 aromatic rings. The van der Waals surface area contributed by atoms with Crippen molar-refractivity contribution in [2.45, 2.75) is 13.8 Å². The highest BCUT2D eigenvalue weighted by atomic mass is 32.2. The van der Waals surface area contributed by atoms with Crippen molar-refractivity contribution in [1.82, 2.24) is 0 Å². The monoisotopic (exact) mass is 193 g/mol. The molecule has 0 aliphatic carbocycles. The molecule has 2 N–H and O–H groups in total. The molecule has 0 rings (SSSR count). The summed E-state index contributed by atoms with van der Waals surface area (Å²) < 4.78 is 21.7. The Kier molecular flexibility index (Phi) is 3.70. The molecule has 0 aliphatic heterocycles. The van der Waals surface area contributed by atoms with Crippen LogP contribution in [0.5, 0.6) is 0 Å². The van der Waals surface area contributed by atoms with E-state index in [2.05, 4.69) is 0 Å². The van der Waals surface area contributed by atoms with Gasteiger partial charge in [0.15, 0.2) is 0 Å². The average molecular weight is 193 g/mol. The Labute approximate surface area is 73.1 Å². The molecular weight excluding hydrogens is 178 g/mol. The van der Waals surface area contributed by atoms with Crippen molar-refractivity contribution in [2.24, 2.45) is 17.6 Å². The lowest BCUT2D eigenvalue weighted by Gasteiger charge is -2.15. The molecule has 1 atom stereocenters. The fraction of sp³-hybridized carbons (Fsp3) is 0.857. The molecule has 0 bridgehead atoms. The average Bonchev–Trinajstić information content (AvgIpc) is 1.79. The second-order valence-corrected chi connectivity index (χ2v) is 5.53. The Bertz CT molecular complexity index is 256. The van der Waals surface area contributed by atoms with Crippen LogP contribution in [0.25, 0.3) is 0 Å². The van der Waals surface area contributed by atoms with Crippen LogP contribution in [0.4, 0.5) is 0 Å². The maximum atomic E-state index is 10.8. The minimum atomic E-state index is -3.11. The second kappa shape index (κ2) is 3.89. The summed E-state index contributed by atoms with van der Waals surface area (Å²) in [5.74, 6) is -1.30. The van der Waals surface area contributed by atoms with Gasteiger partial charge in [-0.3, -0.25) is 4.79 Å². The van der Waals surface area contributed by atoms with Crippen LogP contribution >= 0.6 is 0 Å². The summed E-state index contributed by atoms with van der Waals surface area (Å²) in [7, 11) is -3.11. The molecular formula is C7H15NO3S. The lowest BCUT2D eigenvalue weighted by Crippen LogP contribution is -2.33. The van der Waals surface area contributed by atoms with Crippen molar-refractivity contribution in [2.75, 3.05) is 12.0 Å². The summed E-state index contributed by atoms with van der Waals surface area (Å²) in [5, 5.41) is 0. The van der Waals surface area contributed by atoms with Gasteiger partial charge in [0.25, 0.3) is 0 Å². The van der Waals surface area contributed by atoms with Crippen LogP contribution in [0.1, 0.15) is 13.8 Å². The first-order chi connectivity index (χ1) is 5.24. The van der Waals surface area contributed by atoms with E-state index in [0.717, 1.165) is 6.26 Å². The fourth-order valence-corrected chi connectivity index (χ4v) is 2.13. The number of carbonyl (C=O) groups is 1. The number of primary amides is 1. The molecule has 0 heterocycles. The Morgan fingerprint density at radius 3 is 1.92 bits per heavy atom. The third-order valence-corrected chi connectivity index (χ3v) is 2.62. The van der Waals surface area contributed by atoms with Gasteiger partial charge in [-0.1, -0.05) is 13.8 Å². The van der Waals surface area contributed by atoms with Crippen LogP contribution in [0, 0.1) is 11.8 Å². The van der Waals surface area contributed by atoms with Crippen molar-refractivity contribution < 1.29 is 13.2 Å². The first-order valence-corrected chi connectivity index (χ1v) is 5.77. The SMILES string of the molecule is CC(C)C(CS(C)(=O)=O)C(N)=O. The molecule has 0 spiro atoms. The fourth-order valence-electron chi connectivity index (χ4n) is 0.929. The predicted octanol–water partition coefficient (Wildman–Crippen LogP) is -0.211. The maximum Gasteiger partial charge on any atom is 0.221 e. The number of carbonyl (C=O) groups excluding carboxylic acids is 1. The molecule has 0 saturated heterocycles. The topological polar surface area (TPSA) is 77.2 Å². The molecule has 4 nitrogen and oxygen atoms in total. The molecule has 0 aromatic carbocycles. The van der Waals surface area contributed by atoms with Gasteiger partial charge in [-0.05, 0) is 5.92 Å². The van der Waals surface area contributed by atoms with Crippen LogP contribution < -0.4 is 5.73 Å². The maximum absolute atomic E-state index is 10.8. The van der Waals surface area contributed by atoms with E-state index >= 15 is 0 Å². The molecule has 5 heteroatoms. The zero-order valence-electron chi connectivity index (χ0n) is 7.57. The number of hydrogen-bond donors (Lipinski definition) is 1. The van der Waals surface area contributed by atoms with E-state index in [0.29, 0.717) is 0 Å². The lowest BCUT2D eigenvalue weighted by molar-refractivity contribution is -0.122. The molecule has 12 heavy (non-hydrogen) atoms. The van der Waals surface area contributed by atoms with Gasteiger partial charge in [0.05, 0.1) is 11.7 Å². The van der Waals surface area contributed by atoms with Crippen LogP contribution in [0.2, 0.25) is 0 Å². The van der Waals surface area contributed by atoms with E-state index in [4.69, 9.17) is 5.73 Å². The molecule has 1 amide bonds. The Morgan fingerprint density at radius 1 is 1.42 bits per heavy atom. The Morgan fingerprint density at radius 2 is 1.83 bits per heavy atom. The minimum Gasteiger partial charge on any atom is -0.369 e. The summed E-state index contributed by atoms with van der Waals surface area (Å²) in [6, 6.07) is 0. The van der Waals surface area contributed by atoms with Crippen LogP contribution in [0.15, 0.2) is 0 Å². The quantitative estimate of drug-likeness (QED) is 0.671. The van der Waals surface area contributed by atoms with Crippen LogP contribution in [-0.2, 0) is 14.6 Å². The first-order valence-electron chi connectivity index (χ1n) is 3.71. The minimum absolute atomic E-state index is 0.0303. The third kappa shape index (κ3) is 4.33. The van der Waals surface area contributed by atoms with Crippen molar-refractivity contribution in [3.05, 3.63) is 0 Å². The highest BCUT2D eigenvalue weighted by molar-refractivity contribution is 7.90. The normalized spacial score (nSPS) is 14.7. The molecule has 0 fully saturated rings. The van der Waals surface area contributed by atoms with Gasteiger partial charge >= 0.3 is 0 Å². The van der Waals surface area contributed by atoms with Gasteiger partial charge in [0.1, 0.15) is 9.84 Å². The summed E-state index contributed by atoms with van der Waals surface area (Å²) >= 11 is 0. The molecule has 1 unspecified atom stereocenters. The number of sulfone groups is 1. The highest BCUT2D eigenvalue weighted by Gasteiger charge is 2.23. The van der Waals surface area contributed by atoms with Crippen LogP contribution in [0.3, 0.4) is 0 Å². The van der Waals surface area contributed by atoms with Crippen molar-refractivity contribution >= 4 is 15.7 Å². The first kappa shape index (κ1) is 11.4. The van der Waals surface area contributed by atoms with E-state index in [1.54, 1.807) is 13.8 Å². The van der Waals surface area contributed by atoms with E-state index in [1.165, 1.54) is 0 Å². The Hall–Kier alpha value is -0.580. The van der Waals surface area contributed by atoms with Gasteiger partial charge in [-0.25, -0.2) is 8.42 Å². The Balaban J connectivity index is 4.46. The zero-order valence-corrected chi connectivity index (χ0v) is 8.39. The van der Waals surface area contributed by atoms with Crippen molar-refractivity contribution in [1.29, 1.82) is 0 Å². The number of rotatable bonds is 4. The van der Waals surface area contributed by atoms with Crippen LogP contribution in [-0.4, -0.2) is 26.3 Å². The summed E-state index contributed by atoms with van der Waals surface area (Å²) in [5.41, 5.74) is 5.04. The molecule has 0 aliphatic rings. The van der Waals surface area contributed by atoms with Gasteiger partial charge in [0.2, 0.25) is 5.91 Å². The van der Waals surface area contributed by atoms with E-state index < -0.39 is 21.7 Å². The standard InChI is InChI=1S/C7H15NO3S/c1-5(2)6(7(8)9)4-12(3,10)11/h5-6H,4H2,1-3H3,(H2,8,9). The number of amides is 1. The number of hydrogen-bond acceptors (Lipinski definition) is 3. The lowest BCUT2D eigenvalue weighted by atomic mass is 9.98. The van der Waals surface area contributed by atoms with Gasteiger partial charge in [-0.2, -0.15) is 0 Å². The summed E-state index contributed by atoms with van der Waals surface area (Å²) in [4.78, 5) is 10.8. The molecule has 0 saturated carbocycles. The third-order valence-electron chi connectivity index (χ3n) is 1.65. The van der Waals surface area contributed by atoms with Gasteiger partial charge < -0.3 is 5.73 Å². The van der Waals surface area contributed by atoms with Crippen molar-refractivity contribution in [3.8, 4) is 0 Å². The van der Waals surface area contributed by atoms with Crippen molar-refractivity contribution in [3.63, 3.8) is 0 Å². The predicted molar refractivity (Wildman–Crippen MR) is 47.2 cm³/mol. The van der Waals surface area contributed by atoms with E-state index in [9.17, 15) is 13.2 Å². The summed E-state index contributed by atoms with van der Waals surface area (Å²) in [6.45, 7) is 3.56. The van der Waals surface area contributed by atoms with Gasteiger partial charge in [0, 0.05) is 6.26 Å². The molecule has 0 radical (unpaired) electrons. The zero-order chi connectivity index (χ0) is 9.94.